The van der Waals surface area contributed by atoms with Crippen LogP contribution in [0.25, 0.3) is 0 Å². The number of thiocarbonyl (C=S) groups is 1. The molecule has 2 N–H and O–H groups in total. The van der Waals surface area contributed by atoms with Gasteiger partial charge in [0.05, 0.1) is 0 Å². The van der Waals surface area contributed by atoms with Crippen molar-refractivity contribution >= 4 is 17.3 Å². The first-order valence-corrected chi connectivity index (χ1v) is 10.3. The number of benzene rings is 2. The van der Waals surface area contributed by atoms with E-state index in [4.69, 9.17) is 12.2 Å². The summed E-state index contributed by atoms with van der Waals surface area (Å²) in [6, 6.07) is 22.2. The van der Waals surface area contributed by atoms with Gasteiger partial charge in [-0.2, -0.15) is 0 Å². The van der Waals surface area contributed by atoms with Crippen LogP contribution in [0.5, 0.6) is 0 Å². The maximum atomic E-state index is 5.57. The molecule has 2 aromatic rings. The maximum absolute atomic E-state index is 5.57. The van der Waals surface area contributed by atoms with Gasteiger partial charge in [-0.25, -0.2) is 0 Å². The number of hydrogen-bond acceptors (Lipinski definition) is 1. The minimum absolute atomic E-state index is 0.398. The molecule has 136 valence electrons. The molecule has 0 heterocycles. The van der Waals surface area contributed by atoms with Crippen LogP contribution >= 0.6 is 12.2 Å². The molecule has 0 spiro atoms. The standard InChI is InChI=1S/C23H28N2S/c26-23(25-22-16-17-11-12-20(22)15-17)24-14-13-21(18-7-3-1-4-8-18)19-9-5-2-6-10-19/h1-10,17,20-22H,11-16H2,(H2,24,25,26)/t17-,20+,22+/m0/s1. The first kappa shape index (κ1) is 17.5. The summed E-state index contributed by atoms with van der Waals surface area (Å²) in [5, 5.41) is 7.88. The molecular weight excluding hydrogens is 336 g/mol. The van der Waals surface area contributed by atoms with Crippen molar-refractivity contribution in [2.24, 2.45) is 11.8 Å². The molecule has 3 atom stereocenters. The van der Waals surface area contributed by atoms with Crippen molar-refractivity contribution in [3.05, 3.63) is 71.8 Å². The quantitative estimate of drug-likeness (QED) is 0.716. The van der Waals surface area contributed by atoms with Gasteiger partial charge in [0, 0.05) is 18.5 Å². The molecule has 4 rings (SSSR count). The van der Waals surface area contributed by atoms with E-state index in [1.807, 2.05) is 0 Å². The molecule has 2 fully saturated rings. The zero-order chi connectivity index (χ0) is 17.8. The fourth-order valence-electron chi connectivity index (χ4n) is 4.87. The smallest absolute Gasteiger partial charge is 0.166 e. The monoisotopic (exact) mass is 364 g/mol. The second-order valence-electron chi connectivity index (χ2n) is 7.84. The second-order valence-corrected chi connectivity index (χ2v) is 8.25. The topological polar surface area (TPSA) is 24.1 Å². The van der Waals surface area contributed by atoms with Gasteiger partial charge in [-0.1, -0.05) is 67.1 Å². The Morgan fingerprint density at radius 1 is 0.923 bits per heavy atom. The lowest BCUT2D eigenvalue weighted by molar-refractivity contribution is 0.389. The van der Waals surface area contributed by atoms with Crippen molar-refractivity contribution in [1.29, 1.82) is 0 Å². The molecule has 26 heavy (non-hydrogen) atoms. The highest BCUT2D eigenvalue weighted by Crippen LogP contribution is 2.44. The molecule has 2 saturated carbocycles. The first-order valence-electron chi connectivity index (χ1n) is 9.94. The largest absolute Gasteiger partial charge is 0.363 e. The summed E-state index contributed by atoms with van der Waals surface area (Å²) in [5.41, 5.74) is 2.74. The Morgan fingerprint density at radius 3 is 2.12 bits per heavy atom. The summed E-state index contributed by atoms with van der Waals surface area (Å²) in [6.45, 7) is 0.890. The lowest BCUT2D eigenvalue weighted by Crippen LogP contribution is -2.44. The van der Waals surface area contributed by atoms with Crippen molar-refractivity contribution in [1.82, 2.24) is 10.6 Å². The van der Waals surface area contributed by atoms with Crippen molar-refractivity contribution < 1.29 is 0 Å². The van der Waals surface area contributed by atoms with Crippen LogP contribution in [0.15, 0.2) is 60.7 Å². The van der Waals surface area contributed by atoms with Crippen LogP contribution in [0, 0.1) is 11.8 Å². The van der Waals surface area contributed by atoms with Crippen LogP contribution in [0.3, 0.4) is 0 Å². The summed E-state index contributed by atoms with van der Waals surface area (Å²) < 4.78 is 0. The summed E-state index contributed by atoms with van der Waals surface area (Å²) in [6.07, 6.45) is 6.56. The first-order chi connectivity index (χ1) is 12.8. The molecule has 3 heteroatoms. The Balaban J connectivity index is 1.32. The third kappa shape index (κ3) is 4.09. The second kappa shape index (κ2) is 8.22. The van der Waals surface area contributed by atoms with Gasteiger partial charge in [-0.3, -0.25) is 0 Å². The fourth-order valence-corrected chi connectivity index (χ4v) is 5.12. The molecule has 2 aliphatic carbocycles. The lowest BCUT2D eigenvalue weighted by atomic mass is 9.88. The van der Waals surface area contributed by atoms with Crippen molar-refractivity contribution in [2.45, 2.75) is 44.1 Å². The van der Waals surface area contributed by atoms with E-state index in [0.717, 1.165) is 29.9 Å². The lowest BCUT2D eigenvalue weighted by Gasteiger charge is -2.25. The normalized spacial score (nSPS) is 24.0. The van der Waals surface area contributed by atoms with Crippen molar-refractivity contribution in [3.63, 3.8) is 0 Å². The molecule has 2 nitrogen and oxygen atoms in total. The Morgan fingerprint density at radius 2 is 1.58 bits per heavy atom. The van der Waals surface area contributed by atoms with Gasteiger partial charge in [0.2, 0.25) is 0 Å². The van der Waals surface area contributed by atoms with Crippen LogP contribution in [-0.2, 0) is 0 Å². The molecule has 0 aliphatic heterocycles. The van der Waals surface area contributed by atoms with E-state index in [1.54, 1.807) is 0 Å². The van der Waals surface area contributed by atoms with Gasteiger partial charge in [0.25, 0.3) is 0 Å². The Kier molecular flexibility index (Phi) is 5.54. The zero-order valence-electron chi connectivity index (χ0n) is 15.2. The zero-order valence-corrected chi connectivity index (χ0v) is 16.1. The molecule has 0 amide bonds. The van der Waals surface area contributed by atoms with Gasteiger partial charge in [0.1, 0.15) is 0 Å². The van der Waals surface area contributed by atoms with Crippen LogP contribution in [0.1, 0.15) is 49.1 Å². The molecular formula is C23H28N2S. The molecule has 2 aromatic carbocycles. The van der Waals surface area contributed by atoms with Crippen LogP contribution in [-0.4, -0.2) is 17.7 Å². The summed E-state index contributed by atoms with van der Waals surface area (Å²) in [7, 11) is 0. The highest BCUT2D eigenvalue weighted by atomic mass is 32.1. The van der Waals surface area contributed by atoms with E-state index in [2.05, 4.69) is 71.3 Å². The maximum Gasteiger partial charge on any atom is 0.166 e. The van der Waals surface area contributed by atoms with Crippen molar-refractivity contribution in [3.8, 4) is 0 Å². The Hall–Kier alpha value is -1.87. The molecule has 0 saturated heterocycles. The van der Waals surface area contributed by atoms with Crippen LogP contribution in [0.2, 0.25) is 0 Å². The van der Waals surface area contributed by atoms with E-state index in [1.165, 1.54) is 36.8 Å². The Bertz CT molecular complexity index is 676. The third-order valence-electron chi connectivity index (χ3n) is 6.18. The van der Waals surface area contributed by atoms with Gasteiger partial charge >= 0.3 is 0 Å². The summed E-state index contributed by atoms with van der Waals surface area (Å²) in [5.74, 6) is 2.19. The number of hydrogen-bond donors (Lipinski definition) is 2. The third-order valence-corrected chi connectivity index (χ3v) is 6.44. The van der Waals surface area contributed by atoms with E-state index in [9.17, 15) is 0 Å². The summed E-state index contributed by atoms with van der Waals surface area (Å²) in [4.78, 5) is 0. The van der Waals surface area contributed by atoms with Crippen LogP contribution < -0.4 is 10.6 Å². The average Bonchev–Trinajstić information content (AvgIpc) is 3.30. The van der Waals surface area contributed by atoms with E-state index >= 15 is 0 Å². The number of nitrogens with one attached hydrogen (secondary N) is 2. The van der Waals surface area contributed by atoms with Gasteiger partial charge < -0.3 is 10.6 Å². The van der Waals surface area contributed by atoms with E-state index in [-0.39, 0.29) is 0 Å². The number of fused-ring (bicyclic) bond motifs is 2. The van der Waals surface area contributed by atoms with Crippen LogP contribution in [0.4, 0.5) is 0 Å². The molecule has 0 unspecified atom stereocenters. The Labute approximate surface area is 162 Å². The molecule has 2 bridgehead atoms. The minimum atomic E-state index is 0.398. The predicted molar refractivity (Wildman–Crippen MR) is 112 cm³/mol. The highest BCUT2D eigenvalue weighted by molar-refractivity contribution is 7.80. The van der Waals surface area contributed by atoms with E-state index < -0.39 is 0 Å². The minimum Gasteiger partial charge on any atom is -0.363 e. The average molecular weight is 365 g/mol. The van der Waals surface area contributed by atoms with Crippen molar-refractivity contribution in [2.75, 3.05) is 6.54 Å². The predicted octanol–water partition coefficient (Wildman–Crippen LogP) is 4.86. The fraction of sp³-hybridized carbons (Fsp3) is 0.435. The van der Waals surface area contributed by atoms with Gasteiger partial charge in [0.15, 0.2) is 5.11 Å². The summed E-state index contributed by atoms with van der Waals surface area (Å²) >= 11 is 5.57. The molecule has 2 aliphatic rings. The SMILES string of the molecule is S=C(NCCC(c1ccccc1)c1ccccc1)N[C@@H]1C[C@H]2CC[C@@H]1C2. The van der Waals surface area contributed by atoms with E-state index in [0.29, 0.717) is 12.0 Å². The number of rotatable bonds is 6. The highest BCUT2D eigenvalue weighted by Gasteiger charge is 2.39. The molecule has 0 radical (unpaired) electrons. The van der Waals surface area contributed by atoms with Gasteiger partial charge in [-0.15, -0.1) is 0 Å². The molecule has 0 aromatic heterocycles. The van der Waals surface area contributed by atoms with Gasteiger partial charge in [-0.05, 0) is 60.9 Å².